The average Bonchev–Trinajstić information content (AvgIpc) is 2.84. The highest BCUT2D eigenvalue weighted by atomic mass is 19.1. The Morgan fingerprint density at radius 3 is 2.80 bits per heavy atom. The second-order valence-corrected chi connectivity index (χ2v) is 5.74. The van der Waals surface area contributed by atoms with Gasteiger partial charge in [-0.1, -0.05) is 0 Å². The number of hydrogen-bond donors (Lipinski definition) is 2. The highest BCUT2D eigenvalue weighted by Crippen LogP contribution is 2.29. The van der Waals surface area contributed by atoms with Crippen molar-refractivity contribution < 1.29 is 9.18 Å². The van der Waals surface area contributed by atoms with E-state index in [1.54, 1.807) is 11.0 Å². The monoisotopic (exact) mass is 277 g/mol. The van der Waals surface area contributed by atoms with Crippen molar-refractivity contribution in [1.29, 1.82) is 0 Å². The molecule has 1 aliphatic heterocycles. The molecule has 20 heavy (non-hydrogen) atoms. The zero-order valence-electron chi connectivity index (χ0n) is 11.4. The molecular formula is C15H20FN3O. The molecule has 0 saturated heterocycles. The minimum absolute atomic E-state index is 0.0733. The van der Waals surface area contributed by atoms with Gasteiger partial charge in [-0.25, -0.2) is 9.18 Å². The molecule has 0 aromatic heterocycles. The van der Waals surface area contributed by atoms with Crippen LogP contribution >= 0.6 is 0 Å². The maximum absolute atomic E-state index is 13.2. The number of anilines is 1. The van der Waals surface area contributed by atoms with Crippen molar-refractivity contribution in [3.63, 3.8) is 0 Å². The molecule has 0 atom stereocenters. The van der Waals surface area contributed by atoms with Crippen LogP contribution in [0.2, 0.25) is 0 Å². The first-order valence-corrected chi connectivity index (χ1v) is 7.25. The largest absolute Gasteiger partial charge is 0.335 e. The molecule has 2 aliphatic rings. The molecule has 1 fully saturated rings. The number of benzene rings is 1. The minimum Gasteiger partial charge on any atom is -0.335 e. The van der Waals surface area contributed by atoms with Gasteiger partial charge in [-0.2, -0.15) is 0 Å². The van der Waals surface area contributed by atoms with Crippen molar-refractivity contribution in [1.82, 2.24) is 5.32 Å². The molecule has 3 N–H and O–H groups in total. The van der Waals surface area contributed by atoms with Gasteiger partial charge in [-0.05, 0) is 55.9 Å². The number of nitrogens with two attached hydrogens (primary N) is 1. The van der Waals surface area contributed by atoms with Gasteiger partial charge >= 0.3 is 6.03 Å². The van der Waals surface area contributed by atoms with E-state index in [1.165, 1.54) is 12.1 Å². The van der Waals surface area contributed by atoms with Crippen LogP contribution in [0.5, 0.6) is 0 Å². The van der Waals surface area contributed by atoms with Gasteiger partial charge in [-0.15, -0.1) is 0 Å². The molecule has 1 aliphatic carbocycles. The summed E-state index contributed by atoms with van der Waals surface area (Å²) in [5, 5.41) is 3.07. The summed E-state index contributed by atoms with van der Waals surface area (Å²) < 4.78 is 13.2. The molecule has 1 saturated carbocycles. The quantitative estimate of drug-likeness (QED) is 0.826. The van der Waals surface area contributed by atoms with Crippen molar-refractivity contribution in [2.24, 2.45) is 5.73 Å². The van der Waals surface area contributed by atoms with Gasteiger partial charge in [-0.3, -0.25) is 4.90 Å². The summed E-state index contributed by atoms with van der Waals surface area (Å²) in [4.78, 5) is 14.0. The maximum Gasteiger partial charge on any atom is 0.322 e. The minimum atomic E-state index is -0.243. The molecule has 0 spiro atoms. The predicted molar refractivity (Wildman–Crippen MR) is 76.2 cm³/mol. The first kappa shape index (κ1) is 13.4. The van der Waals surface area contributed by atoms with Crippen molar-refractivity contribution in [2.45, 2.75) is 44.2 Å². The molecule has 1 heterocycles. The lowest BCUT2D eigenvalue weighted by atomic mass is 9.92. The van der Waals surface area contributed by atoms with Gasteiger partial charge in [0, 0.05) is 24.3 Å². The summed E-state index contributed by atoms with van der Waals surface area (Å²) in [6.45, 7) is 0.622. The standard InChI is InChI=1S/C15H20FN3O/c16-11-1-6-14-10(9-11)7-8-19(14)15(20)18-13-4-2-12(17)3-5-13/h1,6,9,12-13H,2-5,7-8,17H2,(H,18,20). The van der Waals surface area contributed by atoms with Gasteiger partial charge in [0.1, 0.15) is 5.82 Å². The third-order valence-electron chi connectivity index (χ3n) is 4.28. The Morgan fingerprint density at radius 1 is 1.30 bits per heavy atom. The van der Waals surface area contributed by atoms with Gasteiger partial charge in [0.2, 0.25) is 0 Å². The molecule has 0 radical (unpaired) electrons. The van der Waals surface area contributed by atoms with Gasteiger partial charge < -0.3 is 11.1 Å². The summed E-state index contributed by atoms with van der Waals surface area (Å²) in [5.41, 5.74) is 7.61. The van der Waals surface area contributed by atoms with E-state index in [2.05, 4.69) is 5.32 Å². The molecule has 5 heteroatoms. The lowest BCUT2D eigenvalue weighted by Crippen LogP contribution is -2.46. The number of carbonyl (C=O) groups is 1. The fourth-order valence-electron chi connectivity index (χ4n) is 3.10. The summed E-state index contributed by atoms with van der Waals surface area (Å²) >= 11 is 0. The average molecular weight is 277 g/mol. The SMILES string of the molecule is NC1CCC(NC(=O)N2CCc3cc(F)ccc32)CC1. The highest BCUT2D eigenvalue weighted by Gasteiger charge is 2.27. The van der Waals surface area contributed by atoms with E-state index in [0.717, 1.165) is 43.4 Å². The molecule has 0 unspecified atom stereocenters. The van der Waals surface area contributed by atoms with Crippen LogP contribution in [0.1, 0.15) is 31.2 Å². The van der Waals surface area contributed by atoms with Crippen molar-refractivity contribution in [3.8, 4) is 0 Å². The first-order chi connectivity index (χ1) is 9.63. The smallest absolute Gasteiger partial charge is 0.322 e. The van der Waals surface area contributed by atoms with Crippen LogP contribution in [0.25, 0.3) is 0 Å². The fraction of sp³-hybridized carbons (Fsp3) is 0.533. The van der Waals surface area contributed by atoms with Crippen LogP contribution in [0.3, 0.4) is 0 Å². The third-order valence-corrected chi connectivity index (χ3v) is 4.28. The zero-order chi connectivity index (χ0) is 14.1. The normalized spacial score (nSPS) is 25.4. The second-order valence-electron chi connectivity index (χ2n) is 5.74. The van der Waals surface area contributed by atoms with E-state index in [1.807, 2.05) is 0 Å². The van der Waals surface area contributed by atoms with Crippen LogP contribution in [-0.2, 0) is 6.42 Å². The second kappa shape index (κ2) is 5.40. The number of urea groups is 1. The summed E-state index contributed by atoms with van der Waals surface area (Å²) in [5.74, 6) is -0.243. The topological polar surface area (TPSA) is 58.4 Å². The molecule has 0 bridgehead atoms. The number of fused-ring (bicyclic) bond motifs is 1. The van der Waals surface area contributed by atoms with E-state index in [4.69, 9.17) is 5.73 Å². The molecule has 4 nitrogen and oxygen atoms in total. The maximum atomic E-state index is 13.2. The molecular weight excluding hydrogens is 257 g/mol. The number of carbonyl (C=O) groups excluding carboxylic acids is 1. The highest BCUT2D eigenvalue weighted by molar-refractivity contribution is 5.94. The van der Waals surface area contributed by atoms with Crippen LogP contribution in [0, 0.1) is 5.82 Å². The van der Waals surface area contributed by atoms with E-state index in [0.29, 0.717) is 6.54 Å². The number of nitrogens with one attached hydrogen (secondary N) is 1. The molecule has 1 aromatic carbocycles. The van der Waals surface area contributed by atoms with Crippen molar-refractivity contribution >= 4 is 11.7 Å². The Bertz CT molecular complexity index is 512. The van der Waals surface area contributed by atoms with Gasteiger partial charge in [0.15, 0.2) is 0 Å². The van der Waals surface area contributed by atoms with Crippen LogP contribution < -0.4 is 16.0 Å². The van der Waals surface area contributed by atoms with Crippen LogP contribution in [0.15, 0.2) is 18.2 Å². The van der Waals surface area contributed by atoms with Gasteiger partial charge in [0.25, 0.3) is 0 Å². The Hall–Kier alpha value is -1.62. The Balaban J connectivity index is 1.65. The van der Waals surface area contributed by atoms with E-state index < -0.39 is 0 Å². The molecule has 1 aromatic rings. The molecule has 108 valence electrons. The Kier molecular flexibility index (Phi) is 3.61. The van der Waals surface area contributed by atoms with E-state index in [9.17, 15) is 9.18 Å². The van der Waals surface area contributed by atoms with E-state index >= 15 is 0 Å². The van der Waals surface area contributed by atoms with Crippen LogP contribution in [-0.4, -0.2) is 24.7 Å². The van der Waals surface area contributed by atoms with E-state index in [-0.39, 0.29) is 23.9 Å². The van der Waals surface area contributed by atoms with Crippen molar-refractivity contribution in [3.05, 3.63) is 29.6 Å². The summed E-state index contributed by atoms with van der Waals surface area (Å²) in [6.07, 6.45) is 4.53. The van der Waals surface area contributed by atoms with Crippen molar-refractivity contribution in [2.75, 3.05) is 11.4 Å². The fourth-order valence-corrected chi connectivity index (χ4v) is 3.10. The molecule has 3 rings (SSSR count). The Morgan fingerprint density at radius 2 is 2.05 bits per heavy atom. The molecule has 2 amide bonds. The number of nitrogens with zero attached hydrogens (tertiary/aromatic N) is 1. The first-order valence-electron chi connectivity index (χ1n) is 7.25. The third kappa shape index (κ3) is 2.63. The zero-order valence-corrected chi connectivity index (χ0v) is 11.4. The number of rotatable bonds is 1. The lowest BCUT2D eigenvalue weighted by Gasteiger charge is -2.29. The van der Waals surface area contributed by atoms with Crippen LogP contribution in [0.4, 0.5) is 14.9 Å². The lowest BCUT2D eigenvalue weighted by molar-refractivity contribution is 0.237. The summed E-state index contributed by atoms with van der Waals surface area (Å²) in [6, 6.07) is 5.03. The Labute approximate surface area is 118 Å². The number of hydrogen-bond acceptors (Lipinski definition) is 2. The number of amides is 2. The van der Waals surface area contributed by atoms with Gasteiger partial charge in [0.05, 0.1) is 0 Å². The summed E-state index contributed by atoms with van der Waals surface area (Å²) in [7, 11) is 0. The number of halogens is 1. The predicted octanol–water partition coefficient (Wildman–Crippen LogP) is 2.17.